The molecule has 0 heterocycles. The molecule has 0 spiro atoms. The van der Waals surface area contributed by atoms with Crippen molar-refractivity contribution in [2.45, 2.75) is 6.92 Å². The van der Waals surface area contributed by atoms with Gasteiger partial charge in [0.25, 0.3) is 5.91 Å². The molecule has 2 rings (SSSR count). The molecule has 0 radical (unpaired) electrons. The van der Waals surface area contributed by atoms with Crippen LogP contribution < -0.4 is 14.8 Å². The Morgan fingerprint density at radius 2 is 1.70 bits per heavy atom. The Labute approximate surface area is 133 Å². The van der Waals surface area contributed by atoms with Crippen molar-refractivity contribution in [1.29, 1.82) is 0 Å². The molecule has 1 amide bonds. The van der Waals surface area contributed by atoms with Gasteiger partial charge in [-0.05, 0) is 25.1 Å². The van der Waals surface area contributed by atoms with Crippen LogP contribution in [0.5, 0.6) is 11.5 Å². The predicted molar refractivity (Wildman–Crippen MR) is 83.9 cm³/mol. The van der Waals surface area contributed by atoms with Gasteiger partial charge in [-0.3, -0.25) is 9.59 Å². The first-order valence-electron chi connectivity index (χ1n) is 6.80. The number of Topliss-reactive ketones (excluding diaryl/α,β-unsaturated/α-hetero) is 1. The SMILES string of the molecule is COc1cc(F)c(C(=O)Nc2cccc(C(C)=O)c2)cc1OC. The zero-order valence-electron chi connectivity index (χ0n) is 13.0. The van der Waals surface area contributed by atoms with Gasteiger partial charge in [-0.15, -0.1) is 0 Å². The molecule has 2 aromatic rings. The van der Waals surface area contributed by atoms with Crippen molar-refractivity contribution >= 4 is 17.4 Å². The van der Waals surface area contributed by atoms with E-state index in [1.807, 2.05) is 0 Å². The minimum atomic E-state index is -0.733. The summed E-state index contributed by atoms with van der Waals surface area (Å²) in [5, 5.41) is 2.56. The highest BCUT2D eigenvalue weighted by molar-refractivity contribution is 6.05. The Bertz CT molecular complexity index is 758. The average molecular weight is 317 g/mol. The first-order valence-corrected chi connectivity index (χ1v) is 6.80. The van der Waals surface area contributed by atoms with E-state index in [4.69, 9.17) is 9.47 Å². The van der Waals surface area contributed by atoms with Crippen molar-refractivity contribution in [3.05, 3.63) is 53.3 Å². The van der Waals surface area contributed by atoms with Crippen LogP contribution in [0.3, 0.4) is 0 Å². The zero-order chi connectivity index (χ0) is 17.0. The lowest BCUT2D eigenvalue weighted by Gasteiger charge is -2.11. The van der Waals surface area contributed by atoms with E-state index in [0.717, 1.165) is 6.07 Å². The molecule has 0 aliphatic heterocycles. The van der Waals surface area contributed by atoms with Gasteiger partial charge in [0.05, 0.1) is 19.8 Å². The van der Waals surface area contributed by atoms with Gasteiger partial charge in [-0.25, -0.2) is 4.39 Å². The molecule has 6 heteroatoms. The number of amides is 1. The van der Waals surface area contributed by atoms with Crippen molar-refractivity contribution in [3.63, 3.8) is 0 Å². The van der Waals surface area contributed by atoms with Crippen LogP contribution in [0.15, 0.2) is 36.4 Å². The van der Waals surface area contributed by atoms with Gasteiger partial charge in [0.1, 0.15) is 5.82 Å². The summed E-state index contributed by atoms with van der Waals surface area (Å²) in [4.78, 5) is 23.6. The third-order valence-electron chi connectivity index (χ3n) is 3.24. The van der Waals surface area contributed by atoms with E-state index < -0.39 is 11.7 Å². The van der Waals surface area contributed by atoms with E-state index >= 15 is 0 Å². The Kier molecular flexibility index (Phi) is 4.95. The van der Waals surface area contributed by atoms with Crippen molar-refractivity contribution in [2.24, 2.45) is 0 Å². The smallest absolute Gasteiger partial charge is 0.258 e. The summed E-state index contributed by atoms with van der Waals surface area (Å²) in [5.41, 5.74) is 0.670. The average Bonchev–Trinajstić information content (AvgIpc) is 2.54. The minimum Gasteiger partial charge on any atom is -0.493 e. The largest absolute Gasteiger partial charge is 0.493 e. The number of ether oxygens (including phenoxy) is 2. The highest BCUT2D eigenvalue weighted by atomic mass is 19.1. The summed E-state index contributed by atoms with van der Waals surface area (Å²) >= 11 is 0. The fourth-order valence-electron chi connectivity index (χ4n) is 2.04. The quantitative estimate of drug-likeness (QED) is 0.859. The van der Waals surface area contributed by atoms with Gasteiger partial charge in [0.15, 0.2) is 17.3 Å². The zero-order valence-corrected chi connectivity index (χ0v) is 13.0. The van der Waals surface area contributed by atoms with E-state index in [-0.39, 0.29) is 22.8 Å². The molecule has 0 aliphatic rings. The number of rotatable bonds is 5. The highest BCUT2D eigenvalue weighted by Gasteiger charge is 2.17. The lowest BCUT2D eigenvalue weighted by molar-refractivity contribution is 0.100. The molecule has 2 aromatic carbocycles. The second kappa shape index (κ2) is 6.91. The lowest BCUT2D eigenvalue weighted by atomic mass is 10.1. The molecule has 0 fully saturated rings. The lowest BCUT2D eigenvalue weighted by Crippen LogP contribution is -2.14. The summed E-state index contributed by atoms with van der Waals surface area (Å²) in [6.07, 6.45) is 0. The molecule has 1 N–H and O–H groups in total. The third-order valence-corrected chi connectivity index (χ3v) is 3.24. The van der Waals surface area contributed by atoms with Crippen LogP contribution in [0.4, 0.5) is 10.1 Å². The molecule has 0 bridgehead atoms. The summed E-state index contributed by atoms with van der Waals surface area (Å²) in [5.74, 6) is -1.07. The monoisotopic (exact) mass is 317 g/mol. The first-order chi connectivity index (χ1) is 11.0. The molecular formula is C17H16FNO4. The van der Waals surface area contributed by atoms with Crippen LogP contribution >= 0.6 is 0 Å². The number of hydrogen-bond acceptors (Lipinski definition) is 4. The Morgan fingerprint density at radius 1 is 1.04 bits per heavy atom. The first kappa shape index (κ1) is 16.5. The van der Waals surface area contributed by atoms with Crippen LogP contribution in [0, 0.1) is 5.82 Å². The Balaban J connectivity index is 2.31. The number of halogens is 1. The van der Waals surface area contributed by atoms with E-state index in [0.29, 0.717) is 11.3 Å². The summed E-state index contributed by atoms with van der Waals surface area (Å²) in [6.45, 7) is 1.43. The predicted octanol–water partition coefficient (Wildman–Crippen LogP) is 3.30. The van der Waals surface area contributed by atoms with E-state index in [1.54, 1.807) is 18.2 Å². The molecule has 23 heavy (non-hydrogen) atoms. The Hall–Kier alpha value is -2.89. The number of methoxy groups -OCH3 is 2. The number of nitrogens with one attached hydrogen (secondary N) is 1. The van der Waals surface area contributed by atoms with Gasteiger partial charge in [0, 0.05) is 17.3 Å². The van der Waals surface area contributed by atoms with E-state index in [1.165, 1.54) is 33.3 Å². The number of anilines is 1. The number of hydrogen-bond donors (Lipinski definition) is 1. The summed E-state index contributed by atoms with van der Waals surface area (Å²) in [7, 11) is 2.78. The molecule has 0 saturated heterocycles. The maximum absolute atomic E-state index is 14.1. The molecule has 5 nitrogen and oxygen atoms in total. The number of carbonyl (C=O) groups is 2. The maximum atomic E-state index is 14.1. The van der Waals surface area contributed by atoms with Crippen LogP contribution in [0.2, 0.25) is 0 Å². The third kappa shape index (κ3) is 3.66. The van der Waals surface area contributed by atoms with E-state index in [9.17, 15) is 14.0 Å². The normalized spacial score (nSPS) is 10.1. The fraction of sp³-hybridized carbons (Fsp3) is 0.176. The molecular weight excluding hydrogens is 301 g/mol. The summed E-state index contributed by atoms with van der Waals surface area (Å²) in [6, 6.07) is 8.76. The number of ketones is 1. The topological polar surface area (TPSA) is 64.6 Å². The van der Waals surface area contributed by atoms with Crippen molar-refractivity contribution in [2.75, 3.05) is 19.5 Å². The summed E-state index contributed by atoms with van der Waals surface area (Å²) < 4.78 is 24.1. The van der Waals surface area contributed by atoms with Crippen molar-refractivity contribution in [1.82, 2.24) is 0 Å². The van der Waals surface area contributed by atoms with Crippen LogP contribution in [-0.4, -0.2) is 25.9 Å². The molecule has 120 valence electrons. The number of carbonyl (C=O) groups excluding carboxylic acids is 2. The Morgan fingerprint density at radius 3 is 2.30 bits per heavy atom. The van der Waals surface area contributed by atoms with E-state index in [2.05, 4.69) is 5.32 Å². The highest BCUT2D eigenvalue weighted by Crippen LogP contribution is 2.30. The second-order valence-electron chi connectivity index (χ2n) is 4.78. The molecule has 0 saturated carbocycles. The van der Waals surface area contributed by atoms with Crippen molar-refractivity contribution in [3.8, 4) is 11.5 Å². The molecule has 0 aliphatic carbocycles. The van der Waals surface area contributed by atoms with Gasteiger partial charge in [0.2, 0.25) is 0 Å². The van der Waals surface area contributed by atoms with Crippen molar-refractivity contribution < 1.29 is 23.5 Å². The fourth-order valence-corrected chi connectivity index (χ4v) is 2.04. The van der Waals surface area contributed by atoms with Gasteiger partial charge >= 0.3 is 0 Å². The van der Waals surface area contributed by atoms with Crippen LogP contribution in [0.25, 0.3) is 0 Å². The molecule has 0 aromatic heterocycles. The van der Waals surface area contributed by atoms with Gasteiger partial charge in [-0.1, -0.05) is 12.1 Å². The van der Waals surface area contributed by atoms with Gasteiger partial charge < -0.3 is 14.8 Å². The minimum absolute atomic E-state index is 0.126. The maximum Gasteiger partial charge on any atom is 0.258 e. The van der Waals surface area contributed by atoms with Gasteiger partial charge in [-0.2, -0.15) is 0 Å². The van der Waals surface area contributed by atoms with Crippen LogP contribution in [-0.2, 0) is 0 Å². The standard InChI is InChI=1S/C17H16FNO4/c1-10(20)11-5-4-6-12(7-11)19-17(21)13-8-15(22-2)16(23-3)9-14(13)18/h4-9H,1-3H3,(H,19,21). The molecule has 0 unspecified atom stereocenters. The number of benzene rings is 2. The second-order valence-corrected chi connectivity index (χ2v) is 4.78. The van der Waals surface area contributed by atoms with Crippen LogP contribution in [0.1, 0.15) is 27.6 Å². The molecule has 0 atom stereocenters.